The van der Waals surface area contributed by atoms with Gasteiger partial charge in [-0.1, -0.05) is 32.0 Å². The Kier molecular flexibility index (Phi) is 5.56. The summed E-state index contributed by atoms with van der Waals surface area (Å²) < 4.78 is 5.69. The Hall–Kier alpha value is -1.59. The van der Waals surface area contributed by atoms with Crippen molar-refractivity contribution in [3.05, 3.63) is 30.3 Å². The number of nitrogens with two attached hydrogens (primary N) is 1. The number of rotatable bonds is 7. The zero-order valence-corrected chi connectivity index (χ0v) is 15.5. The summed E-state index contributed by atoms with van der Waals surface area (Å²) in [6, 6.07) is 10.3. The van der Waals surface area contributed by atoms with E-state index in [1.54, 1.807) is 0 Å². The van der Waals surface area contributed by atoms with E-state index in [1.807, 2.05) is 46.0 Å². The van der Waals surface area contributed by atoms with E-state index >= 15 is 0 Å². The van der Waals surface area contributed by atoms with E-state index in [0.717, 1.165) is 5.69 Å². The minimum Gasteiger partial charge on any atom is -0.378 e. The van der Waals surface area contributed by atoms with E-state index in [-0.39, 0.29) is 23.5 Å². The van der Waals surface area contributed by atoms with Crippen LogP contribution in [0.5, 0.6) is 0 Å². The molecule has 1 aliphatic rings. The fraction of sp³-hybridized carbons (Fsp3) is 0.632. The van der Waals surface area contributed by atoms with Gasteiger partial charge in [-0.25, -0.2) is 0 Å². The number of ether oxygens (including phenoxy) is 1. The molecule has 1 fully saturated rings. The number of carbonyl (C=O) groups is 1. The molecule has 134 valence electrons. The molecule has 0 heterocycles. The highest BCUT2D eigenvalue weighted by atomic mass is 16.5. The molecule has 3 unspecified atom stereocenters. The molecule has 0 saturated heterocycles. The predicted molar refractivity (Wildman–Crippen MR) is 98.0 cm³/mol. The molecule has 0 aromatic heterocycles. The molecule has 1 amide bonds. The fourth-order valence-corrected chi connectivity index (χ4v) is 3.27. The topological polar surface area (TPSA) is 67.6 Å². The van der Waals surface area contributed by atoms with Crippen molar-refractivity contribution in [2.75, 3.05) is 25.1 Å². The maximum Gasteiger partial charge on any atom is 0.240 e. The molecule has 1 saturated carbocycles. The third-order valence-electron chi connectivity index (χ3n) is 5.62. The highest BCUT2D eigenvalue weighted by molar-refractivity contribution is 5.88. The zero-order valence-electron chi connectivity index (χ0n) is 15.5. The third kappa shape index (κ3) is 3.28. The Morgan fingerprint density at radius 3 is 2.58 bits per heavy atom. The van der Waals surface area contributed by atoms with Crippen molar-refractivity contribution >= 4 is 11.6 Å². The Labute approximate surface area is 145 Å². The number of carbonyl (C=O) groups excluding carboxylic acids is 1. The SMILES string of the molecule is CCOC1CC(N)(C(=O)NCC(C)N(C)c2ccccc2)C1(C)C. The molecule has 0 bridgehead atoms. The van der Waals surface area contributed by atoms with Gasteiger partial charge in [0.05, 0.1) is 6.10 Å². The van der Waals surface area contributed by atoms with Gasteiger partial charge in [0, 0.05) is 43.8 Å². The molecule has 1 aromatic carbocycles. The minimum absolute atomic E-state index is 0.0441. The molecule has 3 atom stereocenters. The highest BCUT2D eigenvalue weighted by Gasteiger charge is 2.62. The van der Waals surface area contributed by atoms with Gasteiger partial charge in [-0.2, -0.15) is 0 Å². The predicted octanol–water partition coefficient (Wildman–Crippen LogP) is 2.16. The van der Waals surface area contributed by atoms with Crippen LogP contribution in [0.15, 0.2) is 30.3 Å². The fourth-order valence-electron chi connectivity index (χ4n) is 3.27. The summed E-state index contributed by atoms with van der Waals surface area (Å²) in [6.07, 6.45) is 0.616. The summed E-state index contributed by atoms with van der Waals surface area (Å²) in [5.74, 6) is -0.0863. The van der Waals surface area contributed by atoms with Crippen LogP contribution in [-0.4, -0.2) is 43.8 Å². The van der Waals surface area contributed by atoms with Crippen molar-refractivity contribution in [1.82, 2.24) is 5.32 Å². The Bertz CT molecular complexity index is 561. The van der Waals surface area contributed by atoms with Crippen LogP contribution in [-0.2, 0) is 9.53 Å². The zero-order chi connectivity index (χ0) is 18.0. The number of amides is 1. The van der Waals surface area contributed by atoms with Gasteiger partial charge in [0.2, 0.25) is 5.91 Å². The number of nitrogens with zero attached hydrogens (tertiary/aromatic N) is 1. The van der Waals surface area contributed by atoms with Crippen molar-refractivity contribution < 1.29 is 9.53 Å². The number of hydrogen-bond acceptors (Lipinski definition) is 4. The van der Waals surface area contributed by atoms with Crippen LogP contribution in [0, 0.1) is 5.41 Å². The number of hydrogen-bond donors (Lipinski definition) is 2. The van der Waals surface area contributed by atoms with Crippen molar-refractivity contribution in [1.29, 1.82) is 0 Å². The summed E-state index contributed by atoms with van der Waals surface area (Å²) >= 11 is 0. The molecule has 24 heavy (non-hydrogen) atoms. The highest BCUT2D eigenvalue weighted by Crippen LogP contribution is 2.49. The van der Waals surface area contributed by atoms with Crippen LogP contribution < -0.4 is 16.0 Å². The quantitative estimate of drug-likeness (QED) is 0.802. The largest absolute Gasteiger partial charge is 0.378 e. The van der Waals surface area contributed by atoms with Gasteiger partial charge in [0.25, 0.3) is 0 Å². The van der Waals surface area contributed by atoms with E-state index < -0.39 is 5.54 Å². The van der Waals surface area contributed by atoms with Gasteiger partial charge < -0.3 is 20.7 Å². The second kappa shape index (κ2) is 7.11. The Morgan fingerprint density at radius 1 is 1.42 bits per heavy atom. The van der Waals surface area contributed by atoms with Crippen molar-refractivity contribution in [3.63, 3.8) is 0 Å². The van der Waals surface area contributed by atoms with Crippen molar-refractivity contribution in [2.24, 2.45) is 11.1 Å². The number of para-hydroxylation sites is 1. The summed E-state index contributed by atoms with van der Waals surface area (Å²) in [5.41, 5.74) is 6.32. The molecule has 1 aliphatic carbocycles. The molecule has 5 heteroatoms. The summed E-state index contributed by atoms with van der Waals surface area (Å²) in [7, 11) is 2.03. The smallest absolute Gasteiger partial charge is 0.240 e. The first-order valence-corrected chi connectivity index (χ1v) is 8.70. The molecule has 0 spiro atoms. The first-order valence-electron chi connectivity index (χ1n) is 8.70. The number of benzene rings is 1. The maximum atomic E-state index is 12.7. The van der Waals surface area contributed by atoms with Crippen LogP contribution in [0.3, 0.4) is 0 Å². The number of anilines is 1. The van der Waals surface area contributed by atoms with E-state index in [1.165, 1.54) is 0 Å². The van der Waals surface area contributed by atoms with Gasteiger partial charge >= 0.3 is 0 Å². The third-order valence-corrected chi connectivity index (χ3v) is 5.62. The number of likely N-dealkylation sites (N-methyl/N-ethyl adjacent to an activating group) is 1. The normalized spacial score (nSPS) is 26.3. The molecule has 2 rings (SSSR count). The molecule has 5 nitrogen and oxygen atoms in total. The van der Waals surface area contributed by atoms with Crippen molar-refractivity contribution in [2.45, 2.75) is 51.8 Å². The van der Waals surface area contributed by atoms with Crippen LogP contribution in [0.2, 0.25) is 0 Å². The molecule has 1 aromatic rings. The van der Waals surface area contributed by atoms with Gasteiger partial charge in [-0.05, 0) is 26.0 Å². The average Bonchev–Trinajstić information content (AvgIpc) is 2.58. The van der Waals surface area contributed by atoms with Gasteiger partial charge in [0.15, 0.2) is 0 Å². The van der Waals surface area contributed by atoms with Crippen LogP contribution >= 0.6 is 0 Å². The molecule has 0 aliphatic heterocycles. The molecular formula is C19H31N3O2. The number of nitrogens with one attached hydrogen (secondary N) is 1. The second-order valence-electron chi connectivity index (χ2n) is 7.35. The monoisotopic (exact) mass is 333 g/mol. The van der Waals surface area contributed by atoms with Crippen LogP contribution in [0.4, 0.5) is 5.69 Å². The van der Waals surface area contributed by atoms with Crippen LogP contribution in [0.25, 0.3) is 0 Å². The Balaban J connectivity index is 1.91. The lowest BCUT2D eigenvalue weighted by molar-refractivity contribution is -0.170. The molecular weight excluding hydrogens is 302 g/mol. The second-order valence-corrected chi connectivity index (χ2v) is 7.35. The lowest BCUT2D eigenvalue weighted by Gasteiger charge is -2.57. The van der Waals surface area contributed by atoms with Crippen molar-refractivity contribution in [3.8, 4) is 0 Å². The van der Waals surface area contributed by atoms with E-state index in [4.69, 9.17) is 10.5 Å². The summed E-state index contributed by atoms with van der Waals surface area (Å²) in [6.45, 7) is 9.27. The summed E-state index contributed by atoms with van der Waals surface area (Å²) in [5, 5.41) is 3.03. The molecule has 3 N–H and O–H groups in total. The molecule has 0 radical (unpaired) electrons. The standard InChI is InChI=1S/C19H31N3O2/c1-6-24-16-12-19(20,18(16,3)4)17(23)21-13-14(2)22(5)15-10-8-7-9-11-15/h7-11,14,16H,6,12-13,20H2,1-5H3,(H,21,23). The lowest BCUT2D eigenvalue weighted by Crippen LogP contribution is -2.76. The van der Waals surface area contributed by atoms with Gasteiger partial charge in [-0.3, -0.25) is 4.79 Å². The minimum atomic E-state index is -0.863. The van der Waals surface area contributed by atoms with E-state index in [9.17, 15) is 4.79 Å². The average molecular weight is 333 g/mol. The van der Waals surface area contributed by atoms with Gasteiger partial charge in [0.1, 0.15) is 5.54 Å². The lowest BCUT2D eigenvalue weighted by atomic mass is 9.54. The van der Waals surface area contributed by atoms with E-state index in [2.05, 4.69) is 29.3 Å². The first kappa shape index (κ1) is 18.7. The summed E-state index contributed by atoms with van der Waals surface area (Å²) in [4.78, 5) is 14.8. The van der Waals surface area contributed by atoms with E-state index in [0.29, 0.717) is 19.6 Å². The first-order chi connectivity index (χ1) is 11.2. The Morgan fingerprint density at radius 2 is 2.04 bits per heavy atom. The van der Waals surface area contributed by atoms with Crippen LogP contribution in [0.1, 0.15) is 34.1 Å². The van der Waals surface area contributed by atoms with Gasteiger partial charge in [-0.15, -0.1) is 0 Å². The maximum absolute atomic E-state index is 12.7.